The van der Waals surface area contributed by atoms with Crippen LogP contribution in [-0.4, -0.2) is 18.1 Å². The first-order valence-electron chi connectivity index (χ1n) is 3.39. The number of hydrogen-bond donors (Lipinski definition) is 1. The first kappa shape index (κ1) is 11.2. The van der Waals surface area contributed by atoms with Gasteiger partial charge in [0.05, 0.1) is 6.10 Å². The largest absolute Gasteiger partial charge is 0.462 e. The van der Waals surface area contributed by atoms with Crippen LogP contribution in [0.15, 0.2) is 0 Å². The van der Waals surface area contributed by atoms with Crippen LogP contribution in [0.1, 0.15) is 20.8 Å². The van der Waals surface area contributed by atoms with Crippen molar-refractivity contribution in [3.8, 4) is 0 Å². The molecular formula is C6H13ClNO2P. The fraction of sp³-hybridized carbons (Fsp3) is 0.833. The van der Waals surface area contributed by atoms with E-state index in [0.29, 0.717) is 0 Å². The van der Waals surface area contributed by atoms with Crippen LogP contribution in [-0.2, 0) is 9.53 Å². The smallest absolute Gasteiger partial charge is 0.323 e. The second kappa shape index (κ2) is 5.76. The average molecular weight is 198 g/mol. The Morgan fingerprint density at radius 3 is 2.45 bits per heavy atom. The maximum atomic E-state index is 11.0. The van der Waals surface area contributed by atoms with Crippen LogP contribution in [0.2, 0.25) is 0 Å². The molecular weight excluding hydrogens is 184 g/mol. The van der Waals surface area contributed by atoms with Crippen molar-refractivity contribution in [3.63, 3.8) is 0 Å². The van der Waals surface area contributed by atoms with Gasteiger partial charge in [0, 0.05) is 8.08 Å². The van der Waals surface area contributed by atoms with Crippen molar-refractivity contribution in [2.45, 2.75) is 32.9 Å². The Kier molecular flexibility index (Phi) is 5.83. The van der Waals surface area contributed by atoms with Crippen LogP contribution in [0.4, 0.5) is 0 Å². The normalized spacial score (nSPS) is 14.3. The summed E-state index contributed by atoms with van der Waals surface area (Å²) < 4.78 is 4.91. The Labute approximate surface area is 73.5 Å². The number of carbonyl (C=O) groups is 1. The van der Waals surface area contributed by atoms with Crippen molar-refractivity contribution in [1.29, 1.82) is 0 Å². The van der Waals surface area contributed by atoms with E-state index in [1.807, 2.05) is 13.8 Å². The zero-order valence-corrected chi connectivity index (χ0v) is 8.61. The van der Waals surface area contributed by atoms with Crippen LogP contribution < -0.4 is 5.09 Å². The van der Waals surface area contributed by atoms with Crippen molar-refractivity contribution in [3.05, 3.63) is 0 Å². The predicted molar refractivity (Wildman–Crippen MR) is 48.0 cm³/mol. The highest BCUT2D eigenvalue weighted by Crippen LogP contribution is 2.10. The second-order valence-corrected chi connectivity index (χ2v) is 3.49. The SMILES string of the molecule is CC(C)OC(=O)C(C)NPCl. The van der Waals surface area contributed by atoms with E-state index in [4.69, 9.17) is 16.0 Å². The lowest BCUT2D eigenvalue weighted by molar-refractivity contribution is -0.148. The summed E-state index contributed by atoms with van der Waals surface area (Å²) in [5.74, 6) is -0.256. The number of rotatable bonds is 4. The third-order valence-corrected chi connectivity index (χ3v) is 1.85. The van der Waals surface area contributed by atoms with Crippen molar-refractivity contribution in [2.24, 2.45) is 0 Å². The Morgan fingerprint density at radius 1 is 1.55 bits per heavy atom. The molecule has 11 heavy (non-hydrogen) atoms. The van der Waals surface area contributed by atoms with Gasteiger partial charge in [-0.3, -0.25) is 9.88 Å². The highest BCUT2D eigenvalue weighted by Gasteiger charge is 2.13. The third kappa shape index (κ3) is 5.42. The lowest BCUT2D eigenvalue weighted by atomic mass is 10.4. The number of ether oxygens (including phenoxy) is 1. The molecule has 2 unspecified atom stereocenters. The first-order chi connectivity index (χ1) is 5.07. The van der Waals surface area contributed by atoms with Gasteiger partial charge in [0.2, 0.25) is 0 Å². The molecule has 2 atom stereocenters. The fourth-order valence-electron chi connectivity index (χ4n) is 0.475. The molecule has 3 nitrogen and oxygen atoms in total. The standard InChI is InChI=1S/C6H13ClNO2P/c1-4(2)10-6(9)5(3)8-11-7/h4-5,8,11H,1-3H3. The minimum Gasteiger partial charge on any atom is -0.462 e. The number of esters is 1. The minimum atomic E-state index is -0.312. The van der Waals surface area contributed by atoms with E-state index in [2.05, 4.69) is 5.09 Å². The average Bonchev–Trinajstić information content (AvgIpc) is 1.86. The highest BCUT2D eigenvalue weighted by atomic mass is 35.7. The van der Waals surface area contributed by atoms with Crippen LogP contribution in [0.5, 0.6) is 0 Å². The number of carbonyl (C=O) groups excluding carboxylic acids is 1. The van der Waals surface area contributed by atoms with Crippen LogP contribution in [0, 0.1) is 0 Å². The summed E-state index contributed by atoms with van der Waals surface area (Å²) >= 11 is 5.39. The van der Waals surface area contributed by atoms with Gasteiger partial charge in [-0.15, -0.1) is 0 Å². The predicted octanol–water partition coefficient (Wildman–Crippen LogP) is 1.66. The molecule has 66 valence electrons. The van der Waals surface area contributed by atoms with E-state index in [0.717, 1.165) is 0 Å². The van der Waals surface area contributed by atoms with Crippen molar-refractivity contribution in [2.75, 3.05) is 0 Å². The zero-order chi connectivity index (χ0) is 8.85. The van der Waals surface area contributed by atoms with Gasteiger partial charge in [0.25, 0.3) is 0 Å². The Morgan fingerprint density at radius 2 is 2.09 bits per heavy atom. The lowest BCUT2D eigenvalue weighted by Crippen LogP contribution is -2.31. The zero-order valence-electron chi connectivity index (χ0n) is 6.85. The summed E-state index contributed by atoms with van der Waals surface area (Å²) in [6.07, 6.45) is -0.0644. The summed E-state index contributed by atoms with van der Waals surface area (Å²) in [7, 11) is 0.0489. The molecule has 0 radical (unpaired) electrons. The van der Waals surface area contributed by atoms with E-state index in [1.54, 1.807) is 6.92 Å². The Balaban J connectivity index is 3.64. The van der Waals surface area contributed by atoms with E-state index < -0.39 is 0 Å². The number of nitrogens with one attached hydrogen (secondary N) is 1. The molecule has 0 saturated heterocycles. The van der Waals surface area contributed by atoms with Crippen LogP contribution in [0.25, 0.3) is 0 Å². The molecule has 0 aliphatic carbocycles. The summed E-state index contributed by atoms with van der Waals surface area (Å²) in [6, 6.07) is -0.312. The minimum absolute atomic E-state index is 0.0489. The lowest BCUT2D eigenvalue weighted by Gasteiger charge is -2.13. The number of halogens is 1. The van der Waals surface area contributed by atoms with Crippen molar-refractivity contribution in [1.82, 2.24) is 5.09 Å². The highest BCUT2D eigenvalue weighted by molar-refractivity contribution is 7.66. The van der Waals surface area contributed by atoms with E-state index in [-0.39, 0.29) is 26.2 Å². The van der Waals surface area contributed by atoms with Crippen LogP contribution in [0.3, 0.4) is 0 Å². The van der Waals surface area contributed by atoms with Gasteiger partial charge in [0.1, 0.15) is 6.04 Å². The molecule has 0 fully saturated rings. The summed E-state index contributed by atoms with van der Waals surface area (Å²) in [5, 5.41) is 2.77. The topological polar surface area (TPSA) is 38.3 Å². The molecule has 0 aliphatic rings. The van der Waals surface area contributed by atoms with Crippen molar-refractivity contribution >= 4 is 25.3 Å². The monoisotopic (exact) mass is 197 g/mol. The molecule has 0 aromatic carbocycles. The van der Waals surface area contributed by atoms with Gasteiger partial charge in [-0.2, -0.15) is 0 Å². The van der Waals surface area contributed by atoms with Gasteiger partial charge in [0.15, 0.2) is 0 Å². The first-order valence-corrected chi connectivity index (χ1v) is 5.40. The van der Waals surface area contributed by atoms with Crippen LogP contribution >= 0.6 is 19.3 Å². The molecule has 0 spiro atoms. The van der Waals surface area contributed by atoms with E-state index in [1.165, 1.54) is 0 Å². The molecule has 0 aromatic heterocycles. The number of hydrogen-bond acceptors (Lipinski definition) is 3. The van der Waals surface area contributed by atoms with Gasteiger partial charge in [-0.25, -0.2) is 0 Å². The molecule has 0 saturated carbocycles. The van der Waals surface area contributed by atoms with Gasteiger partial charge >= 0.3 is 5.97 Å². The van der Waals surface area contributed by atoms with Gasteiger partial charge in [-0.05, 0) is 20.8 Å². The Hall–Kier alpha value is 0.150. The molecule has 0 amide bonds. The summed E-state index contributed by atoms with van der Waals surface area (Å²) in [6.45, 7) is 5.35. The quantitative estimate of drug-likeness (QED) is 0.550. The molecule has 0 bridgehead atoms. The second-order valence-electron chi connectivity index (χ2n) is 2.45. The molecule has 0 aromatic rings. The molecule has 5 heteroatoms. The fourth-order valence-corrected chi connectivity index (χ4v) is 1.25. The maximum Gasteiger partial charge on any atom is 0.323 e. The molecule has 0 rings (SSSR count). The molecule has 0 heterocycles. The maximum absolute atomic E-state index is 11.0. The van der Waals surface area contributed by atoms with E-state index in [9.17, 15) is 4.79 Å². The molecule has 1 N–H and O–H groups in total. The third-order valence-electron chi connectivity index (χ3n) is 0.976. The van der Waals surface area contributed by atoms with E-state index >= 15 is 0 Å². The van der Waals surface area contributed by atoms with Crippen molar-refractivity contribution < 1.29 is 9.53 Å². The summed E-state index contributed by atoms with van der Waals surface area (Å²) in [5.41, 5.74) is 0. The Bertz CT molecular complexity index is 132. The van der Waals surface area contributed by atoms with Gasteiger partial charge < -0.3 is 4.74 Å². The van der Waals surface area contributed by atoms with Gasteiger partial charge in [-0.1, -0.05) is 11.2 Å². The molecule has 0 aliphatic heterocycles. The summed E-state index contributed by atoms with van der Waals surface area (Å²) in [4.78, 5) is 11.0.